The summed E-state index contributed by atoms with van der Waals surface area (Å²) in [7, 11) is 0. The van der Waals surface area contributed by atoms with Crippen LogP contribution in [0.1, 0.15) is 16.2 Å². The van der Waals surface area contributed by atoms with Gasteiger partial charge in [-0.1, -0.05) is 30.3 Å². The fraction of sp³-hybridized carbons (Fsp3) is 0.0625. The molecule has 0 fully saturated rings. The summed E-state index contributed by atoms with van der Waals surface area (Å²) in [6.07, 6.45) is 1.32. The van der Waals surface area contributed by atoms with Crippen LogP contribution >= 0.6 is 0 Å². The highest BCUT2D eigenvalue weighted by Gasteiger charge is 2.14. The zero-order valence-electron chi connectivity index (χ0n) is 11.6. The van der Waals surface area contributed by atoms with E-state index < -0.39 is 0 Å². The molecule has 22 heavy (non-hydrogen) atoms. The maximum atomic E-state index is 13.1. The summed E-state index contributed by atoms with van der Waals surface area (Å²) in [5.41, 5.74) is 1.43. The third-order valence-electron chi connectivity index (χ3n) is 3.09. The molecule has 5 nitrogen and oxygen atoms in total. The minimum atomic E-state index is -0.370. The molecule has 0 aliphatic heterocycles. The van der Waals surface area contributed by atoms with Gasteiger partial charge in [-0.3, -0.25) is 4.79 Å². The number of para-hydroxylation sites is 1. The summed E-state index contributed by atoms with van der Waals surface area (Å²) in [5.74, 6) is -0.521. The molecule has 0 aliphatic carbocycles. The molecule has 0 aliphatic rings. The zero-order chi connectivity index (χ0) is 15.4. The van der Waals surface area contributed by atoms with Crippen molar-refractivity contribution in [2.45, 2.75) is 6.54 Å². The van der Waals surface area contributed by atoms with Gasteiger partial charge in [-0.2, -0.15) is 5.10 Å². The van der Waals surface area contributed by atoms with Gasteiger partial charge in [0.2, 0.25) is 5.82 Å². The van der Waals surface area contributed by atoms with Gasteiger partial charge in [0, 0.05) is 6.54 Å². The molecule has 0 atom stereocenters. The van der Waals surface area contributed by atoms with Gasteiger partial charge in [0.25, 0.3) is 5.91 Å². The summed E-state index contributed by atoms with van der Waals surface area (Å²) in [6.45, 7) is 0.220. The number of carbonyl (C=O) groups excluding carboxylic acids is 1. The standard InChI is InChI=1S/C16H13FN4O/c17-13-6-4-5-12(9-13)10-18-16(22)15-19-11-20-21(15)14-7-2-1-3-8-14/h1-9,11H,10H2,(H,18,22). The van der Waals surface area contributed by atoms with Crippen LogP contribution in [-0.4, -0.2) is 20.7 Å². The second-order valence-corrected chi connectivity index (χ2v) is 4.64. The van der Waals surface area contributed by atoms with Crippen LogP contribution in [0.4, 0.5) is 4.39 Å². The lowest BCUT2D eigenvalue weighted by atomic mass is 10.2. The maximum absolute atomic E-state index is 13.1. The van der Waals surface area contributed by atoms with Gasteiger partial charge in [0.15, 0.2) is 0 Å². The van der Waals surface area contributed by atoms with Gasteiger partial charge in [0.1, 0.15) is 12.1 Å². The largest absolute Gasteiger partial charge is 0.345 e. The first kappa shape index (κ1) is 13.9. The Morgan fingerprint density at radius 1 is 1.14 bits per heavy atom. The second-order valence-electron chi connectivity index (χ2n) is 4.64. The Kier molecular flexibility index (Phi) is 3.91. The molecule has 0 bridgehead atoms. The third kappa shape index (κ3) is 3.01. The Morgan fingerprint density at radius 2 is 1.95 bits per heavy atom. The Morgan fingerprint density at radius 3 is 2.73 bits per heavy atom. The molecule has 1 aromatic heterocycles. The number of nitrogens with zero attached hydrogens (tertiary/aromatic N) is 3. The number of carbonyl (C=O) groups is 1. The van der Waals surface area contributed by atoms with E-state index in [4.69, 9.17) is 0 Å². The highest BCUT2D eigenvalue weighted by Crippen LogP contribution is 2.08. The van der Waals surface area contributed by atoms with Crippen LogP contribution < -0.4 is 5.32 Å². The number of aromatic nitrogens is 3. The fourth-order valence-electron chi connectivity index (χ4n) is 2.06. The molecule has 3 rings (SSSR count). The summed E-state index contributed by atoms with van der Waals surface area (Å²) in [4.78, 5) is 16.2. The van der Waals surface area contributed by atoms with Crippen molar-refractivity contribution in [3.05, 3.63) is 78.1 Å². The minimum absolute atomic E-state index is 0.183. The van der Waals surface area contributed by atoms with Crippen LogP contribution in [0.25, 0.3) is 5.69 Å². The van der Waals surface area contributed by atoms with Crippen molar-refractivity contribution >= 4 is 5.91 Å². The molecule has 0 saturated heterocycles. The van der Waals surface area contributed by atoms with Gasteiger partial charge in [-0.15, -0.1) is 0 Å². The zero-order valence-corrected chi connectivity index (χ0v) is 11.6. The van der Waals surface area contributed by atoms with Crippen LogP contribution in [0.2, 0.25) is 0 Å². The molecule has 2 aromatic carbocycles. The van der Waals surface area contributed by atoms with E-state index in [1.54, 1.807) is 12.1 Å². The number of halogens is 1. The van der Waals surface area contributed by atoms with Crippen LogP contribution in [-0.2, 0) is 6.54 Å². The van der Waals surface area contributed by atoms with Crippen molar-refractivity contribution in [3.63, 3.8) is 0 Å². The normalized spacial score (nSPS) is 10.4. The molecule has 3 aromatic rings. The lowest BCUT2D eigenvalue weighted by Gasteiger charge is -2.07. The first-order valence-electron chi connectivity index (χ1n) is 6.72. The molecule has 110 valence electrons. The molecular weight excluding hydrogens is 283 g/mol. The predicted octanol–water partition coefficient (Wildman–Crippen LogP) is 2.34. The molecule has 1 amide bonds. The smallest absolute Gasteiger partial charge is 0.289 e. The third-order valence-corrected chi connectivity index (χ3v) is 3.09. The topological polar surface area (TPSA) is 59.8 Å². The van der Waals surface area contributed by atoms with Gasteiger partial charge in [0.05, 0.1) is 5.69 Å². The fourth-order valence-corrected chi connectivity index (χ4v) is 2.06. The van der Waals surface area contributed by atoms with E-state index in [2.05, 4.69) is 15.4 Å². The lowest BCUT2D eigenvalue weighted by molar-refractivity contribution is 0.0938. The van der Waals surface area contributed by atoms with Gasteiger partial charge in [-0.25, -0.2) is 14.1 Å². The van der Waals surface area contributed by atoms with Gasteiger partial charge < -0.3 is 5.32 Å². The van der Waals surface area contributed by atoms with E-state index in [-0.39, 0.29) is 24.1 Å². The number of amides is 1. The number of hydrogen-bond acceptors (Lipinski definition) is 3. The second kappa shape index (κ2) is 6.17. The monoisotopic (exact) mass is 296 g/mol. The quantitative estimate of drug-likeness (QED) is 0.804. The van der Waals surface area contributed by atoms with E-state index >= 15 is 0 Å². The number of benzene rings is 2. The van der Waals surface area contributed by atoms with E-state index in [1.807, 2.05) is 30.3 Å². The van der Waals surface area contributed by atoms with Crippen molar-refractivity contribution in [2.24, 2.45) is 0 Å². The van der Waals surface area contributed by atoms with Crippen LogP contribution in [0.15, 0.2) is 60.9 Å². The SMILES string of the molecule is O=C(NCc1cccc(F)c1)c1ncnn1-c1ccccc1. The van der Waals surface area contributed by atoms with E-state index in [0.717, 1.165) is 5.69 Å². The van der Waals surface area contributed by atoms with Crippen LogP contribution in [0, 0.1) is 5.82 Å². The number of nitrogens with one attached hydrogen (secondary N) is 1. The molecular formula is C16H13FN4O. The van der Waals surface area contributed by atoms with Crippen molar-refractivity contribution in [3.8, 4) is 5.69 Å². The average molecular weight is 296 g/mol. The number of hydrogen-bond donors (Lipinski definition) is 1. The number of rotatable bonds is 4. The van der Waals surface area contributed by atoms with Gasteiger partial charge >= 0.3 is 0 Å². The molecule has 0 saturated carbocycles. The van der Waals surface area contributed by atoms with Crippen molar-refractivity contribution in [1.29, 1.82) is 0 Å². The van der Waals surface area contributed by atoms with Crippen molar-refractivity contribution in [1.82, 2.24) is 20.1 Å². The van der Waals surface area contributed by atoms with Crippen LogP contribution in [0.3, 0.4) is 0 Å². The summed E-state index contributed by atoms with van der Waals surface area (Å²) in [5, 5.41) is 6.77. The minimum Gasteiger partial charge on any atom is -0.345 e. The Labute approximate surface area is 126 Å². The Balaban J connectivity index is 1.75. The van der Waals surface area contributed by atoms with E-state index in [0.29, 0.717) is 5.56 Å². The highest BCUT2D eigenvalue weighted by atomic mass is 19.1. The molecule has 6 heteroatoms. The van der Waals surface area contributed by atoms with E-state index in [9.17, 15) is 9.18 Å². The summed E-state index contributed by atoms with van der Waals surface area (Å²) in [6, 6.07) is 15.3. The first-order chi connectivity index (χ1) is 10.7. The molecule has 1 N–H and O–H groups in total. The average Bonchev–Trinajstić information content (AvgIpc) is 3.03. The molecule has 0 spiro atoms. The van der Waals surface area contributed by atoms with Crippen LogP contribution in [0.5, 0.6) is 0 Å². The summed E-state index contributed by atoms with van der Waals surface area (Å²) >= 11 is 0. The summed E-state index contributed by atoms with van der Waals surface area (Å²) < 4.78 is 14.6. The van der Waals surface area contributed by atoms with Gasteiger partial charge in [-0.05, 0) is 29.8 Å². The predicted molar refractivity (Wildman–Crippen MR) is 78.9 cm³/mol. The van der Waals surface area contributed by atoms with Crippen molar-refractivity contribution in [2.75, 3.05) is 0 Å². The Bertz CT molecular complexity index is 786. The molecule has 1 heterocycles. The first-order valence-corrected chi connectivity index (χ1v) is 6.72. The van der Waals surface area contributed by atoms with Crippen molar-refractivity contribution < 1.29 is 9.18 Å². The highest BCUT2D eigenvalue weighted by molar-refractivity contribution is 5.91. The lowest BCUT2D eigenvalue weighted by Crippen LogP contribution is -2.26. The van der Waals surface area contributed by atoms with E-state index in [1.165, 1.54) is 23.1 Å². The maximum Gasteiger partial charge on any atom is 0.289 e. The molecule has 0 unspecified atom stereocenters. The Hall–Kier alpha value is -3.02. The molecule has 0 radical (unpaired) electrons.